The Morgan fingerprint density at radius 3 is 2.95 bits per heavy atom. The van der Waals surface area contributed by atoms with E-state index in [1.165, 1.54) is 12.8 Å². The van der Waals surface area contributed by atoms with E-state index in [-0.39, 0.29) is 0 Å². The number of aliphatic hydroxyl groups excluding tert-OH is 1. The van der Waals surface area contributed by atoms with Gasteiger partial charge in [-0.1, -0.05) is 18.2 Å². The third-order valence-electron chi connectivity index (χ3n) is 4.10. The molecule has 0 saturated carbocycles. The molecule has 4 heteroatoms. The standard InChI is InChI=1S/C17H22N2O2/c20-10-8-14-5-4-9-19(11-14)12-16-13-21-17(18-16)15-6-2-1-3-7-15/h1-3,6-7,13-14,20H,4-5,8-12H2. The maximum absolute atomic E-state index is 9.08. The molecule has 1 atom stereocenters. The molecule has 0 amide bonds. The summed E-state index contributed by atoms with van der Waals surface area (Å²) in [6, 6.07) is 9.98. The number of piperidine rings is 1. The van der Waals surface area contributed by atoms with Crippen LogP contribution >= 0.6 is 0 Å². The van der Waals surface area contributed by atoms with Crippen molar-refractivity contribution in [3.05, 3.63) is 42.3 Å². The number of nitrogens with zero attached hydrogens (tertiary/aromatic N) is 2. The minimum absolute atomic E-state index is 0.292. The van der Waals surface area contributed by atoms with Crippen LogP contribution in [0.3, 0.4) is 0 Å². The number of aliphatic hydroxyl groups is 1. The van der Waals surface area contributed by atoms with E-state index in [2.05, 4.69) is 9.88 Å². The van der Waals surface area contributed by atoms with E-state index in [9.17, 15) is 0 Å². The first-order valence-electron chi connectivity index (χ1n) is 7.68. The maximum Gasteiger partial charge on any atom is 0.226 e. The summed E-state index contributed by atoms with van der Waals surface area (Å²) in [5, 5.41) is 9.08. The lowest BCUT2D eigenvalue weighted by atomic mass is 9.95. The summed E-state index contributed by atoms with van der Waals surface area (Å²) in [6.07, 6.45) is 5.10. The second kappa shape index (κ2) is 6.87. The number of aromatic nitrogens is 1. The summed E-state index contributed by atoms with van der Waals surface area (Å²) in [7, 11) is 0. The average molecular weight is 286 g/mol. The third kappa shape index (κ3) is 3.71. The molecule has 1 aliphatic heterocycles. The van der Waals surface area contributed by atoms with Gasteiger partial charge in [0, 0.05) is 25.3 Å². The molecule has 1 fully saturated rings. The van der Waals surface area contributed by atoms with Crippen LogP contribution in [0.1, 0.15) is 25.0 Å². The summed E-state index contributed by atoms with van der Waals surface area (Å²) in [5.74, 6) is 1.30. The third-order valence-corrected chi connectivity index (χ3v) is 4.10. The highest BCUT2D eigenvalue weighted by atomic mass is 16.3. The van der Waals surface area contributed by atoms with Gasteiger partial charge >= 0.3 is 0 Å². The zero-order valence-electron chi connectivity index (χ0n) is 12.2. The molecule has 1 N–H and O–H groups in total. The van der Waals surface area contributed by atoms with Gasteiger partial charge in [-0.25, -0.2) is 4.98 Å². The van der Waals surface area contributed by atoms with Gasteiger partial charge in [0.05, 0.1) is 5.69 Å². The van der Waals surface area contributed by atoms with Crippen molar-refractivity contribution in [1.29, 1.82) is 0 Å². The fraction of sp³-hybridized carbons (Fsp3) is 0.471. The fourth-order valence-corrected chi connectivity index (χ4v) is 3.04. The SMILES string of the molecule is OCCC1CCCN(Cc2coc(-c3ccccc3)n2)C1. The van der Waals surface area contributed by atoms with E-state index < -0.39 is 0 Å². The van der Waals surface area contributed by atoms with E-state index in [1.807, 2.05) is 30.3 Å². The summed E-state index contributed by atoms with van der Waals surface area (Å²) < 4.78 is 5.59. The van der Waals surface area contributed by atoms with Crippen LogP contribution in [0.4, 0.5) is 0 Å². The van der Waals surface area contributed by atoms with Gasteiger partial charge in [-0.3, -0.25) is 4.90 Å². The van der Waals surface area contributed by atoms with E-state index in [0.29, 0.717) is 18.4 Å². The molecule has 1 saturated heterocycles. The molecule has 4 nitrogen and oxygen atoms in total. The van der Waals surface area contributed by atoms with Gasteiger partial charge in [-0.2, -0.15) is 0 Å². The first kappa shape index (κ1) is 14.3. The second-order valence-corrected chi connectivity index (χ2v) is 5.77. The molecular weight excluding hydrogens is 264 g/mol. The van der Waals surface area contributed by atoms with Gasteiger partial charge in [0.1, 0.15) is 6.26 Å². The molecular formula is C17H22N2O2. The lowest BCUT2D eigenvalue weighted by molar-refractivity contribution is 0.141. The molecule has 0 spiro atoms. The molecule has 21 heavy (non-hydrogen) atoms. The molecule has 0 aliphatic carbocycles. The lowest BCUT2D eigenvalue weighted by Gasteiger charge is -2.31. The van der Waals surface area contributed by atoms with Crippen LogP contribution in [-0.4, -0.2) is 34.7 Å². The quantitative estimate of drug-likeness (QED) is 0.918. The van der Waals surface area contributed by atoms with E-state index in [4.69, 9.17) is 9.52 Å². The van der Waals surface area contributed by atoms with Crippen LogP contribution in [0.15, 0.2) is 41.0 Å². The minimum Gasteiger partial charge on any atom is -0.444 e. The second-order valence-electron chi connectivity index (χ2n) is 5.77. The predicted octanol–water partition coefficient (Wildman–Crippen LogP) is 2.94. The van der Waals surface area contributed by atoms with Crippen molar-refractivity contribution in [1.82, 2.24) is 9.88 Å². The molecule has 112 valence electrons. The Morgan fingerprint density at radius 2 is 2.14 bits per heavy atom. The minimum atomic E-state index is 0.292. The number of hydrogen-bond donors (Lipinski definition) is 1. The van der Waals surface area contributed by atoms with Crippen LogP contribution < -0.4 is 0 Å². The maximum atomic E-state index is 9.08. The highest BCUT2D eigenvalue weighted by Gasteiger charge is 2.20. The zero-order valence-corrected chi connectivity index (χ0v) is 12.2. The Morgan fingerprint density at radius 1 is 1.29 bits per heavy atom. The molecule has 0 radical (unpaired) electrons. The largest absolute Gasteiger partial charge is 0.444 e. The van der Waals surface area contributed by atoms with Crippen molar-refractivity contribution in [3.8, 4) is 11.5 Å². The Kier molecular flexibility index (Phi) is 4.68. The molecule has 1 aromatic carbocycles. The van der Waals surface area contributed by atoms with Gasteiger partial charge in [0.15, 0.2) is 0 Å². The molecule has 3 rings (SSSR count). The van der Waals surface area contributed by atoms with Crippen molar-refractivity contribution in [2.75, 3.05) is 19.7 Å². The molecule has 1 aromatic heterocycles. The summed E-state index contributed by atoms with van der Waals surface area (Å²) in [5.41, 5.74) is 2.00. The fourth-order valence-electron chi connectivity index (χ4n) is 3.04. The molecule has 1 unspecified atom stereocenters. The van der Waals surface area contributed by atoms with Crippen LogP contribution in [0, 0.1) is 5.92 Å². The smallest absolute Gasteiger partial charge is 0.226 e. The number of rotatable bonds is 5. The van der Waals surface area contributed by atoms with Gasteiger partial charge in [0.25, 0.3) is 0 Å². The normalized spacial score (nSPS) is 19.8. The summed E-state index contributed by atoms with van der Waals surface area (Å²) in [6.45, 7) is 3.28. The first-order valence-corrected chi connectivity index (χ1v) is 7.68. The van der Waals surface area contributed by atoms with Crippen LogP contribution in [-0.2, 0) is 6.54 Å². The van der Waals surface area contributed by atoms with E-state index in [0.717, 1.165) is 37.3 Å². The average Bonchev–Trinajstić information content (AvgIpc) is 2.97. The van der Waals surface area contributed by atoms with Crippen molar-refractivity contribution in [2.45, 2.75) is 25.8 Å². The number of likely N-dealkylation sites (tertiary alicyclic amines) is 1. The van der Waals surface area contributed by atoms with Crippen molar-refractivity contribution >= 4 is 0 Å². The Balaban J connectivity index is 1.62. The van der Waals surface area contributed by atoms with Gasteiger partial charge in [-0.15, -0.1) is 0 Å². The van der Waals surface area contributed by atoms with Crippen LogP contribution in [0.25, 0.3) is 11.5 Å². The van der Waals surface area contributed by atoms with Crippen molar-refractivity contribution in [2.24, 2.45) is 5.92 Å². The van der Waals surface area contributed by atoms with Gasteiger partial charge in [0.2, 0.25) is 5.89 Å². The van der Waals surface area contributed by atoms with Crippen LogP contribution in [0.5, 0.6) is 0 Å². The van der Waals surface area contributed by atoms with E-state index >= 15 is 0 Å². The number of benzene rings is 1. The Hall–Kier alpha value is -1.65. The van der Waals surface area contributed by atoms with Crippen molar-refractivity contribution < 1.29 is 9.52 Å². The highest BCUT2D eigenvalue weighted by Crippen LogP contribution is 2.22. The van der Waals surface area contributed by atoms with Crippen LogP contribution in [0.2, 0.25) is 0 Å². The first-order chi connectivity index (χ1) is 10.3. The van der Waals surface area contributed by atoms with Gasteiger partial charge in [-0.05, 0) is 43.9 Å². The topological polar surface area (TPSA) is 49.5 Å². The molecule has 0 bridgehead atoms. The zero-order chi connectivity index (χ0) is 14.5. The summed E-state index contributed by atoms with van der Waals surface area (Å²) in [4.78, 5) is 7.00. The van der Waals surface area contributed by atoms with Gasteiger partial charge < -0.3 is 9.52 Å². The molecule has 1 aliphatic rings. The molecule has 2 aromatic rings. The number of oxazole rings is 1. The monoisotopic (exact) mass is 286 g/mol. The Labute approximate surface area is 125 Å². The summed E-state index contributed by atoms with van der Waals surface area (Å²) >= 11 is 0. The lowest BCUT2D eigenvalue weighted by Crippen LogP contribution is -2.35. The van der Waals surface area contributed by atoms with E-state index in [1.54, 1.807) is 6.26 Å². The Bertz CT molecular complexity index is 551. The number of hydrogen-bond acceptors (Lipinski definition) is 4. The predicted molar refractivity (Wildman–Crippen MR) is 81.6 cm³/mol. The molecule has 2 heterocycles. The van der Waals surface area contributed by atoms with Crippen molar-refractivity contribution in [3.63, 3.8) is 0 Å². The highest BCUT2D eigenvalue weighted by molar-refractivity contribution is 5.52.